The summed E-state index contributed by atoms with van der Waals surface area (Å²) >= 11 is 0. The molecule has 0 radical (unpaired) electrons. The number of amides is 1. The third kappa shape index (κ3) is 3.75. The third-order valence-electron chi connectivity index (χ3n) is 2.23. The molecule has 6 nitrogen and oxygen atoms in total. The molecule has 6 heteroatoms. The number of esters is 1. The van der Waals surface area contributed by atoms with E-state index in [-0.39, 0.29) is 24.8 Å². The van der Waals surface area contributed by atoms with Crippen molar-refractivity contribution in [2.75, 3.05) is 26.4 Å². The number of ether oxygens (including phenoxy) is 1. The van der Waals surface area contributed by atoms with E-state index in [2.05, 4.69) is 9.72 Å². The van der Waals surface area contributed by atoms with Gasteiger partial charge in [0.15, 0.2) is 0 Å². The van der Waals surface area contributed by atoms with Crippen LogP contribution in [0.3, 0.4) is 0 Å². The number of aromatic nitrogens is 1. The molecule has 0 aliphatic rings. The van der Waals surface area contributed by atoms with E-state index < -0.39 is 0 Å². The number of hydrogen-bond donors (Lipinski definition) is 1. The zero-order chi connectivity index (χ0) is 12.8. The van der Waals surface area contributed by atoms with Gasteiger partial charge in [-0.25, -0.2) is 4.98 Å². The van der Waals surface area contributed by atoms with Gasteiger partial charge in [0, 0.05) is 13.6 Å². The maximum absolute atomic E-state index is 11.8. The molecule has 0 saturated heterocycles. The van der Waals surface area contributed by atoms with Crippen molar-refractivity contribution in [2.45, 2.75) is 6.42 Å². The Labute approximate surface area is 99.4 Å². The number of nitrogens with two attached hydrogens (primary N) is 1. The van der Waals surface area contributed by atoms with Crippen LogP contribution in [-0.2, 0) is 9.53 Å². The summed E-state index contributed by atoms with van der Waals surface area (Å²) < 4.78 is 4.49. The molecule has 0 aliphatic carbocycles. The van der Waals surface area contributed by atoms with Gasteiger partial charge in [0.25, 0.3) is 5.91 Å². The minimum Gasteiger partial charge on any atom is -0.469 e. The summed E-state index contributed by atoms with van der Waals surface area (Å²) in [6.45, 7) is 0.289. The van der Waals surface area contributed by atoms with Crippen molar-refractivity contribution in [3.05, 3.63) is 24.0 Å². The molecule has 0 fully saturated rings. The largest absolute Gasteiger partial charge is 0.469 e. The molecule has 0 aliphatic heterocycles. The first-order valence-electron chi connectivity index (χ1n) is 5.08. The van der Waals surface area contributed by atoms with Crippen LogP contribution in [-0.4, -0.2) is 42.5 Å². The van der Waals surface area contributed by atoms with Gasteiger partial charge in [-0.15, -0.1) is 0 Å². The average molecular weight is 237 g/mol. The van der Waals surface area contributed by atoms with Crippen molar-refractivity contribution in [3.8, 4) is 0 Å². The Balaban J connectivity index is 2.57. The van der Waals surface area contributed by atoms with E-state index >= 15 is 0 Å². The van der Waals surface area contributed by atoms with Gasteiger partial charge in [-0.1, -0.05) is 0 Å². The first-order chi connectivity index (χ1) is 8.04. The fourth-order valence-electron chi connectivity index (χ4n) is 1.19. The second-order valence-electron chi connectivity index (χ2n) is 3.53. The van der Waals surface area contributed by atoms with Gasteiger partial charge < -0.3 is 15.4 Å². The third-order valence-corrected chi connectivity index (χ3v) is 2.23. The van der Waals surface area contributed by atoms with Crippen molar-refractivity contribution in [3.63, 3.8) is 0 Å². The van der Waals surface area contributed by atoms with Crippen molar-refractivity contribution in [1.82, 2.24) is 9.88 Å². The van der Waals surface area contributed by atoms with Crippen LogP contribution in [0.25, 0.3) is 0 Å². The molecule has 0 saturated carbocycles. The Morgan fingerprint density at radius 2 is 2.18 bits per heavy atom. The van der Waals surface area contributed by atoms with E-state index in [1.807, 2.05) is 0 Å². The highest BCUT2D eigenvalue weighted by atomic mass is 16.5. The number of hydrogen-bond acceptors (Lipinski definition) is 5. The maximum Gasteiger partial charge on any atom is 0.307 e. The van der Waals surface area contributed by atoms with E-state index in [1.165, 1.54) is 18.2 Å². The van der Waals surface area contributed by atoms with Gasteiger partial charge in [0.2, 0.25) is 0 Å². The molecule has 0 bridgehead atoms. The lowest BCUT2D eigenvalue weighted by Crippen LogP contribution is -2.29. The monoisotopic (exact) mass is 237 g/mol. The molecule has 1 rings (SSSR count). The highest BCUT2D eigenvalue weighted by Crippen LogP contribution is 2.04. The van der Waals surface area contributed by atoms with E-state index in [9.17, 15) is 9.59 Å². The summed E-state index contributed by atoms with van der Waals surface area (Å²) in [6.07, 6.45) is 1.58. The van der Waals surface area contributed by atoms with E-state index in [0.29, 0.717) is 11.4 Å². The molecular weight excluding hydrogens is 222 g/mol. The van der Waals surface area contributed by atoms with Crippen LogP contribution in [0.2, 0.25) is 0 Å². The van der Waals surface area contributed by atoms with Crippen LogP contribution in [0.1, 0.15) is 16.9 Å². The highest BCUT2D eigenvalue weighted by Gasteiger charge is 2.14. The Bertz CT molecular complexity index is 403. The molecule has 17 heavy (non-hydrogen) atoms. The van der Waals surface area contributed by atoms with Crippen LogP contribution in [0.4, 0.5) is 5.69 Å². The fourth-order valence-corrected chi connectivity index (χ4v) is 1.19. The summed E-state index contributed by atoms with van der Waals surface area (Å²) in [7, 11) is 2.91. The van der Waals surface area contributed by atoms with Crippen LogP contribution in [0.5, 0.6) is 0 Å². The van der Waals surface area contributed by atoms with Gasteiger partial charge in [0.05, 0.1) is 25.4 Å². The second-order valence-corrected chi connectivity index (χ2v) is 3.53. The number of methoxy groups -OCH3 is 1. The van der Waals surface area contributed by atoms with Crippen molar-refractivity contribution in [2.24, 2.45) is 0 Å². The second kappa shape index (κ2) is 5.83. The first-order valence-corrected chi connectivity index (χ1v) is 5.08. The molecule has 2 N–H and O–H groups in total. The molecular formula is C11H15N3O3. The van der Waals surface area contributed by atoms with Crippen LogP contribution in [0.15, 0.2) is 18.3 Å². The lowest BCUT2D eigenvalue weighted by molar-refractivity contribution is -0.140. The van der Waals surface area contributed by atoms with Crippen molar-refractivity contribution >= 4 is 17.6 Å². The Morgan fingerprint density at radius 1 is 1.47 bits per heavy atom. The molecule has 0 spiro atoms. The van der Waals surface area contributed by atoms with Crippen LogP contribution < -0.4 is 5.73 Å². The number of nitrogen functional groups attached to an aromatic ring is 1. The van der Waals surface area contributed by atoms with Gasteiger partial charge in [0.1, 0.15) is 5.69 Å². The number of anilines is 1. The van der Waals surface area contributed by atoms with Gasteiger partial charge in [-0.2, -0.15) is 0 Å². The summed E-state index contributed by atoms with van der Waals surface area (Å²) in [5, 5.41) is 0. The summed E-state index contributed by atoms with van der Waals surface area (Å²) in [4.78, 5) is 28.1. The minimum atomic E-state index is -0.352. The van der Waals surface area contributed by atoms with Gasteiger partial charge in [-0.05, 0) is 12.1 Å². The molecule has 1 aromatic rings. The average Bonchev–Trinajstić information content (AvgIpc) is 2.35. The van der Waals surface area contributed by atoms with Crippen molar-refractivity contribution in [1.29, 1.82) is 0 Å². The number of nitrogens with zero attached hydrogens (tertiary/aromatic N) is 2. The van der Waals surface area contributed by atoms with Gasteiger partial charge >= 0.3 is 5.97 Å². The van der Waals surface area contributed by atoms with Gasteiger partial charge in [-0.3, -0.25) is 9.59 Å². The number of carbonyl (C=O) groups is 2. The summed E-state index contributed by atoms with van der Waals surface area (Å²) in [6, 6.07) is 3.15. The first kappa shape index (κ1) is 13.0. The Kier molecular flexibility index (Phi) is 4.45. The molecule has 0 atom stereocenters. The maximum atomic E-state index is 11.8. The summed E-state index contributed by atoms with van der Waals surface area (Å²) in [5.41, 5.74) is 6.27. The van der Waals surface area contributed by atoms with Crippen molar-refractivity contribution < 1.29 is 14.3 Å². The Morgan fingerprint density at radius 3 is 2.71 bits per heavy atom. The molecule has 1 heterocycles. The molecule has 0 unspecified atom stereocenters. The van der Waals surface area contributed by atoms with E-state index in [1.54, 1.807) is 19.2 Å². The Hall–Kier alpha value is -2.11. The summed E-state index contributed by atoms with van der Waals surface area (Å²) in [5.74, 6) is -0.608. The highest BCUT2D eigenvalue weighted by molar-refractivity contribution is 5.92. The topological polar surface area (TPSA) is 85.5 Å². The predicted octanol–water partition coefficient (Wildman–Crippen LogP) is 0.299. The van der Waals surface area contributed by atoms with E-state index in [0.717, 1.165) is 0 Å². The molecule has 1 amide bonds. The minimum absolute atomic E-state index is 0.160. The molecule has 1 aromatic heterocycles. The number of carbonyl (C=O) groups excluding carboxylic acids is 2. The lowest BCUT2D eigenvalue weighted by Gasteiger charge is -2.15. The lowest BCUT2D eigenvalue weighted by atomic mass is 10.3. The number of pyridine rings is 1. The van der Waals surface area contributed by atoms with Crippen LogP contribution >= 0.6 is 0 Å². The van der Waals surface area contributed by atoms with Crippen LogP contribution in [0, 0.1) is 0 Å². The zero-order valence-corrected chi connectivity index (χ0v) is 9.84. The normalized spacial score (nSPS) is 9.76. The smallest absolute Gasteiger partial charge is 0.307 e. The zero-order valence-electron chi connectivity index (χ0n) is 9.84. The SMILES string of the molecule is COC(=O)CCN(C)C(=O)c1ccc(N)cn1. The quantitative estimate of drug-likeness (QED) is 0.761. The standard InChI is InChI=1S/C11H15N3O3/c1-14(6-5-10(15)17-2)11(16)9-4-3-8(12)7-13-9/h3-4,7H,5-6,12H2,1-2H3. The van der Waals surface area contributed by atoms with E-state index in [4.69, 9.17) is 5.73 Å². The fraction of sp³-hybridized carbons (Fsp3) is 0.364. The number of rotatable bonds is 4. The molecule has 92 valence electrons. The molecule has 0 aromatic carbocycles. The predicted molar refractivity (Wildman–Crippen MR) is 62.2 cm³/mol.